The molecule has 2 rings (SSSR count). The average Bonchev–Trinajstić information content (AvgIpc) is 2.94. The Labute approximate surface area is 120 Å². The third-order valence-corrected chi connectivity index (χ3v) is 3.68. The predicted molar refractivity (Wildman–Crippen MR) is 76.2 cm³/mol. The SMILES string of the molecule is CCCNC(CCN1CCn2ccnc2C1)C(=O)OC. The van der Waals surface area contributed by atoms with Gasteiger partial charge in [0.2, 0.25) is 0 Å². The fourth-order valence-corrected chi connectivity index (χ4v) is 2.49. The molecule has 0 bridgehead atoms. The highest BCUT2D eigenvalue weighted by Crippen LogP contribution is 2.11. The highest BCUT2D eigenvalue weighted by Gasteiger charge is 2.21. The molecule has 0 spiro atoms. The Hall–Kier alpha value is -1.40. The number of rotatable bonds is 7. The van der Waals surface area contributed by atoms with Crippen LogP contribution in [-0.2, 0) is 22.6 Å². The lowest BCUT2D eigenvalue weighted by Crippen LogP contribution is -2.42. The van der Waals surface area contributed by atoms with Crippen LogP contribution in [-0.4, -0.2) is 53.2 Å². The normalized spacial score (nSPS) is 16.7. The highest BCUT2D eigenvalue weighted by atomic mass is 16.5. The minimum absolute atomic E-state index is 0.169. The van der Waals surface area contributed by atoms with E-state index in [0.717, 1.165) is 51.4 Å². The van der Waals surface area contributed by atoms with Gasteiger partial charge in [-0.15, -0.1) is 0 Å². The number of imidazole rings is 1. The molecule has 1 aliphatic heterocycles. The summed E-state index contributed by atoms with van der Waals surface area (Å²) in [5.74, 6) is 0.935. The Kier molecular flexibility index (Phi) is 5.55. The van der Waals surface area contributed by atoms with Crippen LogP contribution in [0.1, 0.15) is 25.6 Å². The number of aromatic nitrogens is 2. The molecule has 1 unspecified atom stereocenters. The van der Waals surface area contributed by atoms with E-state index in [4.69, 9.17) is 4.74 Å². The standard InChI is InChI=1S/C14H24N4O2/c1-3-5-15-12(14(19)20-2)4-7-17-9-10-18-8-6-16-13(18)11-17/h6,8,12,15H,3-5,7,9-11H2,1-2H3. The molecule has 0 aromatic carbocycles. The van der Waals surface area contributed by atoms with Gasteiger partial charge in [0.25, 0.3) is 0 Å². The van der Waals surface area contributed by atoms with Crippen molar-refractivity contribution in [1.29, 1.82) is 0 Å². The maximum atomic E-state index is 11.7. The summed E-state index contributed by atoms with van der Waals surface area (Å²) in [7, 11) is 1.45. The molecular weight excluding hydrogens is 256 g/mol. The molecule has 1 aromatic rings. The fourth-order valence-electron chi connectivity index (χ4n) is 2.49. The van der Waals surface area contributed by atoms with Crippen molar-refractivity contribution in [2.45, 2.75) is 38.9 Å². The lowest BCUT2D eigenvalue weighted by molar-refractivity contribution is -0.143. The molecule has 0 aliphatic carbocycles. The lowest BCUT2D eigenvalue weighted by atomic mass is 10.2. The van der Waals surface area contributed by atoms with Crippen LogP contribution in [0.2, 0.25) is 0 Å². The Morgan fingerprint density at radius 3 is 3.15 bits per heavy atom. The molecule has 6 heteroatoms. The zero-order valence-electron chi connectivity index (χ0n) is 12.3. The third kappa shape index (κ3) is 3.80. The van der Waals surface area contributed by atoms with Crippen LogP contribution in [0.15, 0.2) is 12.4 Å². The molecule has 1 N–H and O–H groups in total. The number of nitrogens with zero attached hydrogens (tertiary/aromatic N) is 3. The number of fused-ring (bicyclic) bond motifs is 1. The fraction of sp³-hybridized carbons (Fsp3) is 0.714. The van der Waals surface area contributed by atoms with Crippen LogP contribution < -0.4 is 5.32 Å². The van der Waals surface area contributed by atoms with Crippen molar-refractivity contribution in [3.63, 3.8) is 0 Å². The van der Waals surface area contributed by atoms with Gasteiger partial charge in [-0.3, -0.25) is 9.69 Å². The van der Waals surface area contributed by atoms with Crippen LogP contribution in [0.4, 0.5) is 0 Å². The number of nitrogens with one attached hydrogen (secondary N) is 1. The van der Waals surface area contributed by atoms with Gasteiger partial charge in [0, 0.05) is 32.0 Å². The zero-order valence-corrected chi connectivity index (χ0v) is 12.3. The van der Waals surface area contributed by atoms with Crippen molar-refractivity contribution in [3.8, 4) is 0 Å². The van der Waals surface area contributed by atoms with E-state index in [9.17, 15) is 4.79 Å². The van der Waals surface area contributed by atoms with Gasteiger partial charge in [0.1, 0.15) is 11.9 Å². The van der Waals surface area contributed by atoms with E-state index in [1.807, 2.05) is 12.4 Å². The van der Waals surface area contributed by atoms with E-state index < -0.39 is 0 Å². The van der Waals surface area contributed by atoms with Crippen LogP contribution in [0.25, 0.3) is 0 Å². The van der Waals surface area contributed by atoms with E-state index in [0.29, 0.717) is 0 Å². The molecule has 0 amide bonds. The predicted octanol–water partition coefficient (Wildman–Crippen LogP) is 0.630. The van der Waals surface area contributed by atoms with Gasteiger partial charge in [-0.25, -0.2) is 4.98 Å². The summed E-state index contributed by atoms with van der Waals surface area (Å²) < 4.78 is 7.04. The average molecular weight is 280 g/mol. The van der Waals surface area contributed by atoms with Crippen molar-refractivity contribution in [2.24, 2.45) is 0 Å². The number of ether oxygens (including phenoxy) is 1. The van der Waals surface area contributed by atoms with Crippen molar-refractivity contribution < 1.29 is 9.53 Å². The van der Waals surface area contributed by atoms with Gasteiger partial charge in [-0.05, 0) is 19.4 Å². The van der Waals surface area contributed by atoms with Crippen molar-refractivity contribution in [1.82, 2.24) is 19.8 Å². The minimum Gasteiger partial charge on any atom is -0.468 e. The summed E-state index contributed by atoms with van der Waals surface area (Å²) in [5.41, 5.74) is 0. The molecule has 112 valence electrons. The van der Waals surface area contributed by atoms with Crippen LogP contribution in [0.5, 0.6) is 0 Å². The highest BCUT2D eigenvalue weighted by molar-refractivity contribution is 5.75. The van der Waals surface area contributed by atoms with E-state index in [1.54, 1.807) is 0 Å². The number of esters is 1. The molecule has 1 aromatic heterocycles. The number of hydrogen-bond acceptors (Lipinski definition) is 5. The molecule has 0 saturated carbocycles. The maximum absolute atomic E-state index is 11.7. The van der Waals surface area contributed by atoms with Crippen molar-refractivity contribution in [3.05, 3.63) is 18.2 Å². The number of hydrogen-bond donors (Lipinski definition) is 1. The molecule has 6 nitrogen and oxygen atoms in total. The quantitative estimate of drug-likeness (QED) is 0.742. The molecular formula is C14H24N4O2. The van der Waals surface area contributed by atoms with Crippen molar-refractivity contribution >= 4 is 5.97 Å². The van der Waals surface area contributed by atoms with Gasteiger partial charge < -0.3 is 14.6 Å². The first-order chi connectivity index (χ1) is 9.74. The molecule has 1 aliphatic rings. The Morgan fingerprint density at radius 1 is 1.55 bits per heavy atom. The van der Waals surface area contributed by atoms with Crippen LogP contribution >= 0.6 is 0 Å². The van der Waals surface area contributed by atoms with Gasteiger partial charge in [0.15, 0.2) is 0 Å². The first-order valence-electron chi connectivity index (χ1n) is 7.28. The van der Waals surface area contributed by atoms with Gasteiger partial charge in [0.05, 0.1) is 13.7 Å². The Morgan fingerprint density at radius 2 is 2.40 bits per heavy atom. The maximum Gasteiger partial charge on any atom is 0.322 e. The Balaban J connectivity index is 1.82. The minimum atomic E-state index is -0.207. The second-order valence-electron chi connectivity index (χ2n) is 5.13. The van der Waals surface area contributed by atoms with Crippen LogP contribution in [0.3, 0.4) is 0 Å². The summed E-state index contributed by atoms with van der Waals surface area (Å²) in [6.45, 7) is 6.64. The molecule has 20 heavy (non-hydrogen) atoms. The third-order valence-electron chi connectivity index (χ3n) is 3.68. The molecule has 0 fully saturated rings. The van der Waals surface area contributed by atoms with E-state index in [-0.39, 0.29) is 12.0 Å². The topological polar surface area (TPSA) is 59.4 Å². The molecule has 0 saturated heterocycles. The first kappa shape index (κ1) is 15.0. The summed E-state index contributed by atoms with van der Waals surface area (Å²) in [6, 6.07) is -0.207. The molecule has 1 atom stereocenters. The first-order valence-corrected chi connectivity index (χ1v) is 7.28. The number of methoxy groups -OCH3 is 1. The smallest absolute Gasteiger partial charge is 0.322 e. The summed E-state index contributed by atoms with van der Waals surface area (Å²) in [6.07, 6.45) is 5.65. The number of carbonyl (C=O) groups excluding carboxylic acids is 1. The zero-order chi connectivity index (χ0) is 14.4. The lowest BCUT2D eigenvalue weighted by Gasteiger charge is -2.28. The Bertz CT molecular complexity index is 433. The monoisotopic (exact) mass is 280 g/mol. The van der Waals surface area contributed by atoms with E-state index in [2.05, 4.69) is 26.7 Å². The van der Waals surface area contributed by atoms with E-state index in [1.165, 1.54) is 7.11 Å². The number of carbonyl (C=O) groups is 1. The summed E-state index contributed by atoms with van der Waals surface area (Å²) in [5, 5.41) is 3.25. The van der Waals surface area contributed by atoms with Crippen LogP contribution in [0, 0.1) is 0 Å². The van der Waals surface area contributed by atoms with Gasteiger partial charge in [-0.1, -0.05) is 6.92 Å². The molecule has 0 radical (unpaired) electrons. The molecule has 2 heterocycles. The summed E-state index contributed by atoms with van der Waals surface area (Å²) in [4.78, 5) is 18.4. The summed E-state index contributed by atoms with van der Waals surface area (Å²) >= 11 is 0. The second kappa shape index (κ2) is 7.40. The van der Waals surface area contributed by atoms with Gasteiger partial charge >= 0.3 is 5.97 Å². The largest absolute Gasteiger partial charge is 0.468 e. The van der Waals surface area contributed by atoms with Crippen molar-refractivity contribution in [2.75, 3.05) is 26.7 Å². The second-order valence-corrected chi connectivity index (χ2v) is 5.13. The van der Waals surface area contributed by atoms with E-state index >= 15 is 0 Å². The van der Waals surface area contributed by atoms with Gasteiger partial charge in [-0.2, -0.15) is 0 Å².